The minimum absolute atomic E-state index is 0.0235. The van der Waals surface area contributed by atoms with E-state index in [0.29, 0.717) is 5.57 Å². The van der Waals surface area contributed by atoms with Gasteiger partial charge in [0.05, 0.1) is 33.2 Å². The van der Waals surface area contributed by atoms with Gasteiger partial charge in [0.25, 0.3) is 11.4 Å². The van der Waals surface area contributed by atoms with E-state index in [1.165, 1.54) is 0 Å². The Morgan fingerprint density at radius 2 is 1.74 bits per heavy atom. The Bertz CT molecular complexity index is 1360. The summed E-state index contributed by atoms with van der Waals surface area (Å²) in [6.45, 7) is 7.53. The molecule has 6 aliphatic rings. The molecular formula is C27H30N2O10. The first-order chi connectivity index (χ1) is 18.2. The van der Waals surface area contributed by atoms with E-state index < -0.39 is 61.3 Å². The summed E-state index contributed by atoms with van der Waals surface area (Å²) in [5, 5.41) is 35.2. The van der Waals surface area contributed by atoms with Gasteiger partial charge in [0.15, 0.2) is 5.79 Å². The molecule has 1 N–H and O–H groups in total. The highest BCUT2D eigenvalue weighted by Crippen LogP contribution is 2.87. The van der Waals surface area contributed by atoms with Gasteiger partial charge in [-0.15, -0.1) is 0 Å². The maximum absolute atomic E-state index is 13.0. The summed E-state index contributed by atoms with van der Waals surface area (Å²) in [6, 6.07) is 2.66. The Hall–Kier alpha value is -2.93. The SMILES string of the molecule is CC1(C)O[C@@H]2[C@]3(O)C(COC(=O)c4cc([N+](=O)[O-])cc([N+](=O)[O-])c4)=C[C@H]4OC(C)(C)[C@@H]5[C@H]4[C@@]34[C@H]5CCC[C@@]24O1. The van der Waals surface area contributed by atoms with E-state index in [9.17, 15) is 30.1 Å². The number of hydrogen-bond acceptors (Lipinski definition) is 10. The molecule has 0 amide bonds. The smallest absolute Gasteiger partial charge is 0.338 e. The van der Waals surface area contributed by atoms with Crippen molar-refractivity contribution in [1.82, 2.24) is 0 Å². The van der Waals surface area contributed by atoms with Gasteiger partial charge in [-0.25, -0.2) is 4.79 Å². The number of carbonyl (C=O) groups excluding carboxylic acids is 1. The lowest BCUT2D eigenvalue weighted by atomic mass is 9.22. The lowest BCUT2D eigenvalue weighted by Crippen LogP contribution is -2.95. The Balaban J connectivity index is 1.26. The zero-order valence-corrected chi connectivity index (χ0v) is 22.0. The van der Waals surface area contributed by atoms with E-state index in [0.717, 1.165) is 37.5 Å². The number of fused-ring (bicyclic) bond motifs is 2. The molecule has 8 atom stereocenters. The highest BCUT2D eigenvalue weighted by Gasteiger charge is 2.97. The molecule has 7 rings (SSSR count). The van der Waals surface area contributed by atoms with Crippen LogP contribution in [-0.4, -0.2) is 62.3 Å². The van der Waals surface area contributed by atoms with Crippen molar-refractivity contribution in [3.63, 3.8) is 0 Å². The van der Waals surface area contributed by atoms with E-state index in [1.54, 1.807) is 0 Å². The topological polar surface area (TPSA) is 160 Å². The van der Waals surface area contributed by atoms with Crippen LogP contribution >= 0.6 is 0 Å². The van der Waals surface area contributed by atoms with E-state index in [2.05, 4.69) is 13.8 Å². The molecule has 208 valence electrons. The quantitative estimate of drug-likeness (QED) is 0.253. The van der Waals surface area contributed by atoms with E-state index >= 15 is 0 Å². The number of hydrogen-bond donors (Lipinski definition) is 1. The van der Waals surface area contributed by atoms with Crippen LogP contribution in [0.15, 0.2) is 29.8 Å². The summed E-state index contributed by atoms with van der Waals surface area (Å²) in [6.07, 6.45) is 3.49. The Kier molecular flexibility index (Phi) is 4.64. The van der Waals surface area contributed by atoms with Crippen LogP contribution in [0.5, 0.6) is 0 Å². The summed E-state index contributed by atoms with van der Waals surface area (Å²) in [5.41, 5.74) is -4.26. The van der Waals surface area contributed by atoms with Gasteiger partial charge in [-0.3, -0.25) is 20.2 Å². The predicted molar refractivity (Wildman–Crippen MR) is 132 cm³/mol. The molecule has 0 unspecified atom stereocenters. The second-order valence-corrected chi connectivity index (χ2v) is 12.8. The number of non-ortho nitro benzene ring substituents is 2. The maximum atomic E-state index is 13.0. The standard InChI is InChI=1S/C27H30N2O10/c1-23(2)19-17-6-5-7-25-22(38-24(3,4)39-25)27(31)14(10-18(37-23)20(19)26(17,25)27)12-36-21(30)13-8-15(28(32)33)11-16(9-13)29(34)35/h8-11,17-20,22,31H,5-7,12H2,1-4H3/t17-,18+,19-,20-,22-,25+,26+,27+/m0/s1. The highest BCUT2D eigenvalue weighted by atomic mass is 16.8. The number of ether oxygens (including phenoxy) is 4. The number of esters is 1. The lowest BCUT2D eigenvalue weighted by Gasteiger charge is -2.83. The second kappa shape index (κ2) is 7.22. The van der Waals surface area contributed by atoms with Crippen LogP contribution in [0.3, 0.4) is 0 Å². The van der Waals surface area contributed by atoms with Crippen LogP contribution in [0.2, 0.25) is 0 Å². The summed E-state index contributed by atoms with van der Waals surface area (Å²) in [4.78, 5) is 34.0. The molecule has 5 fully saturated rings. The summed E-state index contributed by atoms with van der Waals surface area (Å²) in [7, 11) is 0. The average Bonchev–Trinajstić information content (AvgIpc) is 3.22. The van der Waals surface area contributed by atoms with Gasteiger partial charge < -0.3 is 24.1 Å². The number of nitro groups is 2. The molecule has 1 aromatic rings. The largest absolute Gasteiger partial charge is 0.457 e. The van der Waals surface area contributed by atoms with Crippen molar-refractivity contribution in [1.29, 1.82) is 0 Å². The van der Waals surface area contributed by atoms with Crippen molar-refractivity contribution in [3.8, 4) is 0 Å². The molecule has 4 aliphatic carbocycles. The highest BCUT2D eigenvalue weighted by molar-refractivity contribution is 5.91. The third kappa shape index (κ3) is 2.71. The fourth-order valence-corrected chi connectivity index (χ4v) is 9.63. The molecule has 3 saturated carbocycles. The third-order valence-electron chi connectivity index (χ3n) is 10.3. The molecule has 0 radical (unpaired) electrons. The minimum Gasteiger partial charge on any atom is -0.457 e. The summed E-state index contributed by atoms with van der Waals surface area (Å²) in [5.74, 6) is -1.48. The van der Waals surface area contributed by atoms with Crippen molar-refractivity contribution in [2.24, 2.45) is 23.2 Å². The number of nitro benzene ring substituents is 2. The van der Waals surface area contributed by atoms with E-state index in [4.69, 9.17) is 18.9 Å². The molecule has 2 aliphatic heterocycles. The summed E-state index contributed by atoms with van der Waals surface area (Å²) < 4.78 is 25.1. The molecule has 1 aromatic carbocycles. The molecular weight excluding hydrogens is 512 g/mol. The van der Waals surface area contributed by atoms with Crippen molar-refractivity contribution < 1.29 is 38.7 Å². The normalized spacial score (nSPS) is 43.1. The van der Waals surface area contributed by atoms with Crippen LogP contribution < -0.4 is 0 Å². The minimum atomic E-state index is -1.46. The first kappa shape index (κ1) is 25.1. The Morgan fingerprint density at radius 3 is 2.38 bits per heavy atom. The number of rotatable bonds is 5. The molecule has 12 nitrogen and oxygen atoms in total. The number of benzene rings is 1. The van der Waals surface area contributed by atoms with Gasteiger partial charge >= 0.3 is 5.97 Å². The van der Waals surface area contributed by atoms with Gasteiger partial charge in [0.1, 0.15) is 23.9 Å². The molecule has 39 heavy (non-hydrogen) atoms. The fourth-order valence-electron chi connectivity index (χ4n) is 9.63. The van der Waals surface area contributed by atoms with Gasteiger partial charge in [0.2, 0.25) is 0 Å². The Labute approximate surface area is 223 Å². The molecule has 2 spiro atoms. The second-order valence-electron chi connectivity index (χ2n) is 12.8. The number of aliphatic hydroxyl groups is 1. The fraction of sp³-hybridized carbons (Fsp3) is 0.667. The molecule has 12 heteroatoms. The van der Waals surface area contributed by atoms with Gasteiger partial charge in [0, 0.05) is 29.0 Å². The van der Waals surface area contributed by atoms with Gasteiger partial charge in [-0.05, 0) is 58.4 Å². The van der Waals surface area contributed by atoms with Crippen LogP contribution in [0.1, 0.15) is 57.3 Å². The van der Waals surface area contributed by atoms with Crippen molar-refractivity contribution >= 4 is 17.3 Å². The molecule has 0 bridgehead atoms. The van der Waals surface area contributed by atoms with Crippen LogP contribution in [0.4, 0.5) is 11.4 Å². The van der Waals surface area contributed by atoms with Crippen LogP contribution in [0, 0.1) is 43.4 Å². The van der Waals surface area contributed by atoms with E-state index in [1.807, 2.05) is 19.9 Å². The van der Waals surface area contributed by atoms with Crippen molar-refractivity contribution in [3.05, 3.63) is 55.6 Å². The van der Waals surface area contributed by atoms with Crippen LogP contribution in [0.25, 0.3) is 0 Å². The average molecular weight is 543 g/mol. The summed E-state index contributed by atoms with van der Waals surface area (Å²) >= 11 is 0. The van der Waals surface area contributed by atoms with E-state index in [-0.39, 0.29) is 36.0 Å². The number of carbonyl (C=O) groups is 1. The number of nitrogens with zero attached hydrogens (tertiary/aromatic N) is 2. The first-order valence-electron chi connectivity index (χ1n) is 13.3. The Morgan fingerprint density at radius 1 is 1.08 bits per heavy atom. The zero-order chi connectivity index (χ0) is 27.9. The third-order valence-corrected chi connectivity index (χ3v) is 10.3. The predicted octanol–water partition coefficient (Wildman–Crippen LogP) is 3.44. The molecule has 2 saturated heterocycles. The monoisotopic (exact) mass is 542 g/mol. The van der Waals surface area contributed by atoms with Gasteiger partial charge in [-0.1, -0.05) is 6.42 Å². The van der Waals surface area contributed by atoms with Gasteiger partial charge in [-0.2, -0.15) is 0 Å². The lowest BCUT2D eigenvalue weighted by molar-refractivity contribution is -0.420. The van der Waals surface area contributed by atoms with Crippen molar-refractivity contribution in [2.75, 3.05) is 6.61 Å². The van der Waals surface area contributed by atoms with Crippen molar-refractivity contribution in [2.45, 2.75) is 81.8 Å². The van der Waals surface area contributed by atoms with Crippen LogP contribution in [-0.2, 0) is 18.9 Å². The molecule has 0 aromatic heterocycles. The maximum Gasteiger partial charge on any atom is 0.338 e. The zero-order valence-electron chi connectivity index (χ0n) is 22.0. The molecule has 2 heterocycles. The first-order valence-corrected chi connectivity index (χ1v) is 13.3.